The van der Waals surface area contributed by atoms with E-state index >= 15 is 0 Å². The highest BCUT2D eigenvalue weighted by atomic mass is 32.2. The largest absolute Gasteiger partial charge is 0.494 e. The highest BCUT2D eigenvalue weighted by Crippen LogP contribution is 2.29. The summed E-state index contributed by atoms with van der Waals surface area (Å²) in [6.07, 6.45) is 1.58. The van der Waals surface area contributed by atoms with Crippen molar-refractivity contribution in [2.45, 2.75) is 11.8 Å². The maximum absolute atomic E-state index is 12.4. The lowest BCUT2D eigenvalue weighted by atomic mass is 10.1. The molecule has 0 aliphatic rings. The Hall–Kier alpha value is -2.80. The van der Waals surface area contributed by atoms with Crippen LogP contribution in [0.15, 0.2) is 65.7 Å². The van der Waals surface area contributed by atoms with Crippen molar-refractivity contribution >= 4 is 15.8 Å². The van der Waals surface area contributed by atoms with Crippen LogP contribution in [-0.4, -0.2) is 25.2 Å². The molecule has 0 bridgehead atoms. The van der Waals surface area contributed by atoms with Crippen molar-refractivity contribution in [1.29, 1.82) is 0 Å². The second-order valence-electron chi connectivity index (χ2n) is 5.03. The summed E-state index contributed by atoms with van der Waals surface area (Å²) < 4.78 is 32.8. The third kappa shape index (κ3) is 3.41. The Morgan fingerprint density at radius 3 is 2.46 bits per heavy atom. The van der Waals surface area contributed by atoms with E-state index in [0.717, 1.165) is 11.3 Å². The summed E-state index contributed by atoms with van der Waals surface area (Å²) in [7, 11) is -3.68. The van der Waals surface area contributed by atoms with Gasteiger partial charge in [-0.05, 0) is 36.8 Å². The fourth-order valence-corrected chi connectivity index (χ4v) is 3.33. The van der Waals surface area contributed by atoms with Crippen molar-refractivity contribution in [1.82, 2.24) is 10.2 Å². The molecule has 0 atom stereocenters. The first-order chi connectivity index (χ1) is 11.6. The molecule has 24 heavy (non-hydrogen) atoms. The lowest BCUT2D eigenvalue weighted by molar-refractivity contribution is 0.340. The number of hydrogen-bond donors (Lipinski definition) is 2. The van der Waals surface area contributed by atoms with E-state index in [-0.39, 0.29) is 4.90 Å². The predicted molar refractivity (Wildman–Crippen MR) is 92.4 cm³/mol. The molecular formula is C17H17N3O3S. The molecule has 124 valence electrons. The third-order valence-electron chi connectivity index (χ3n) is 3.41. The number of nitrogens with one attached hydrogen (secondary N) is 2. The van der Waals surface area contributed by atoms with Crippen LogP contribution in [0, 0.1) is 0 Å². The molecule has 2 N–H and O–H groups in total. The van der Waals surface area contributed by atoms with E-state index < -0.39 is 10.0 Å². The summed E-state index contributed by atoms with van der Waals surface area (Å²) in [5.74, 6) is 1.08. The quantitative estimate of drug-likeness (QED) is 0.719. The maximum atomic E-state index is 12.4. The monoisotopic (exact) mass is 343 g/mol. The molecule has 3 rings (SSSR count). The molecule has 1 heterocycles. The van der Waals surface area contributed by atoms with E-state index in [1.165, 1.54) is 12.1 Å². The lowest BCUT2D eigenvalue weighted by Gasteiger charge is -2.09. The van der Waals surface area contributed by atoms with E-state index in [1.54, 1.807) is 24.4 Å². The highest BCUT2D eigenvalue weighted by molar-refractivity contribution is 7.92. The SMILES string of the molecule is CCOc1ccc(-c2cn[nH]c2NS(=O)(=O)c2ccccc2)cc1. The molecule has 0 saturated heterocycles. The van der Waals surface area contributed by atoms with Crippen molar-refractivity contribution in [3.63, 3.8) is 0 Å². The van der Waals surface area contributed by atoms with Crippen LogP contribution in [0.3, 0.4) is 0 Å². The number of hydrogen-bond acceptors (Lipinski definition) is 4. The summed E-state index contributed by atoms with van der Waals surface area (Å²) in [4.78, 5) is 0.192. The summed E-state index contributed by atoms with van der Waals surface area (Å²) in [6.45, 7) is 2.51. The van der Waals surface area contributed by atoms with E-state index in [2.05, 4.69) is 14.9 Å². The van der Waals surface area contributed by atoms with Gasteiger partial charge in [0, 0.05) is 5.56 Å². The van der Waals surface area contributed by atoms with E-state index in [1.807, 2.05) is 31.2 Å². The van der Waals surface area contributed by atoms with Gasteiger partial charge in [-0.3, -0.25) is 9.82 Å². The van der Waals surface area contributed by atoms with Crippen LogP contribution in [0.25, 0.3) is 11.1 Å². The molecule has 0 amide bonds. The van der Waals surface area contributed by atoms with Crippen molar-refractivity contribution in [2.24, 2.45) is 0 Å². The Balaban J connectivity index is 1.88. The van der Waals surface area contributed by atoms with Gasteiger partial charge >= 0.3 is 0 Å². The number of ether oxygens (including phenoxy) is 1. The molecule has 1 aromatic heterocycles. The summed E-state index contributed by atoms with van der Waals surface area (Å²) in [5.41, 5.74) is 1.50. The summed E-state index contributed by atoms with van der Waals surface area (Å²) in [5, 5.41) is 6.65. The zero-order valence-electron chi connectivity index (χ0n) is 13.1. The first-order valence-corrected chi connectivity index (χ1v) is 8.93. The third-order valence-corrected chi connectivity index (χ3v) is 4.77. The Kier molecular flexibility index (Phi) is 4.52. The van der Waals surface area contributed by atoms with Crippen molar-refractivity contribution in [3.05, 3.63) is 60.8 Å². The van der Waals surface area contributed by atoms with Gasteiger partial charge in [0.15, 0.2) is 0 Å². The minimum atomic E-state index is -3.68. The molecule has 6 nitrogen and oxygen atoms in total. The van der Waals surface area contributed by atoms with Gasteiger partial charge < -0.3 is 4.74 Å². The zero-order valence-corrected chi connectivity index (χ0v) is 13.9. The van der Waals surface area contributed by atoms with E-state index in [4.69, 9.17) is 4.74 Å². The molecule has 0 aliphatic carbocycles. The molecule has 7 heteroatoms. The molecular weight excluding hydrogens is 326 g/mol. The maximum Gasteiger partial charge on any atom is 0.263 e. The van der Waals surface area contributed by atoms with Gasteiger partial charge in [-0.2, -0.15) is 5.10 Å². The second-order valence-corrected chi connectivity index (χ2v) is 6.72. The number of sulfonamides is 1. The molecule has 0 spiro atoms. The highest BCUT2D eigenvalue weighted by Gasteiger charge is 2.17. The summed E-state index contributed by atoms with van der Waals surface area (Å²) >= 11 is 0. The van der Waals surface area contributed by atoms with Gasteiger partial charge in [0.2, 0.25) is 0 Å². The molecule has 2 aromatic carbocycles. The van der Waals surface area contributed by atoms with Gasteiger partial charge in [-0.1, -0.05) is 30.3 Å². The van der Waals surface area contributed by atoms with E-state index in [9.17, 15) is 8.42 Å². The molecule has 0 saturated carbocycles. The van der Waals surface area contributed by atoms with Crippen LogP contribution in [-0.2, 0) is 10.0 Å². The Labute approximate surface area is 140 Å². The Morgan fingerprint density at radius 2 is 1.79 bits per heavy atom. The average Bonchev–Trinajstić information content (AvgIpc) is 3.04. The van der Waals surface area contributed by atoms with E-state index in [0.29, 0.717) is 18.0 Å². The normalized spacial score (nSPS) is 11.2. The number of aromatic nitrogens is 2. The minimum Gasteiger partial charge on any atom is -0.494 e. The molecule has 0 radical (unpaired) electrons. The standard InChI is InChI=1S/C17H17N3O3S/c1-2-23-14-10-8-13(9-11-14)16-12-18-19-17(16)20-24(21,22)15-6-4-3-5-7-15/h3-12H,2H2,1H3,(H2,18,19,20). The van der Waals surface area contributed by atoms with Crippen LogP contribution >= 0.6 is 0 Å². The number of H-pyrrole nitrogens is 1. The van der Waals surface area contributed by atoms with Crippen LogP contribution < -0.4 is 9.46 Å². The zero-order chi connectivity index (χ0) is 17.0. The molecule has 0 aliphatic heterocycles. The number of benzene rings is 2. The van der Waals surface area contributed by atoms with Crippen LogP contribution in [0.2, 0.25) is 0 Å². The number of rotatable bonds is 6. The van der Waals surface area contributed by atoms with Crippen LogP contribution in [0.4, 0.5) is 5.82 Å². The summed E-state index contributed by atoms with van der Waals surface area (Å²) in [6, 6.07) is 15.6. The molecule has 3 aromatic rings. The molecule has 0 unspecified atom stereocenters. The van der Waals surface area contributed by atoms with Gasteiger partial charge in [-0.15, -0.1) is 0 Å². The van der Waals surface area contributed by atoms with Gasteiger partial charge in [0.05, 0.1) is 17.7 Å². The Bertz CT molecular complexity index is 904. The fraction of sp³-hybridized carbons (Fsp3) is 0.118. The van der Waals surface area contributed by atoms with Crippen molar-refractivity contribution < 1.29 is 13.2 Å². The van der Waals surface area contributed by atoms with Gasteiger partial charge in [-0.25, -0.2) is 8.42 Å². The first-order valence-electron chi connectivity index (χ1n) is 7.44. The second kappa shape index (κ2) is 6.76. The molecule has 0 fully saturated rings. The lowest BCUT2D eigenvalue weighted by Crippen LogP contribution is -2.13. The fourth-order valence-electron chi connectivity index (χ4n) is 2.27. The van der Waals surface area contributed by atoms with Crippen molar-refractivity contribution in [3.8, 4) is 16.9 Å². The van der Waals surface area contributed by atoms with Crippen LogP contribution in [0.5, 0.6) is 5.75 Å². The number of anilines is 1. The number of nitrogens with zero attached hydrogens (tertiary/aromatic N) is 1. The topological polar surface area (TPSA) is 84.1 Å². The van der Waals surface area contributed by atoms with Gasteiger partial charge in [0.1, 0.15) is 11.6 Å². The van der Waals surface area contributed by atoms with Gasteiger partial charge in [0.25, 0.3) is 10.0 Å². The predicted octanol–water partition coefficient (Wildman–Crippen LogP) is 3.28. The first kappa shape index (κ1) is 16.1. The average molecular weight is 343 g/mol. The number of aromatic amines is 1. The van der Waals surface area contributed by atoms with Crippen LogP contribution in [0.1, 0.15) is 6.92 Å². The Morgan fingerprint density at radius 1 is 1.08 bits per heavy atom. The smallest absolute Gasteiger partial charge is 0.263 e. The minimum absolute atomic E-state index is 0.192. The van der Waals surface area contributed by atoms with Crippen molar-refractivity contribution in [2.75, 3.05) is 11.3 Å².